The summed E-state index contributed by atoms with van der Waals surface area (Å²) in [5, 5.41) is 3.78. The van der Waals surface area contributed by atoms with Crippen LogP contribution in [-0.4, -0.2) is 57.6 Å². The summed E-state index contributed by atoms with van der Waals surface area (Å²) < 4.78 is 1.64. The van der Waals surface area contributed by atoms with Gasteiger partial charge in [-0.25, -0.2) is 9.97 Å². The Morgan fingerprint density at radius 1 is 1.09 bits per heavy atom. The normalized spacial score (nSPS) is 19.1. The average Bonchev–Trinajstić information content (AvgIpc) is 3.52. The number of anilines is 1. The fourth-order valence-corrected chi connectivity index (χ4v) is 5.97. The number of benzene rings is 1. The lowest BCUT2D eigenvalue weighted by atomic mass is 10.1. The van der Waals surface area contributed by atoms with Crippen LogP contribution in [0.2, 0.25) is 0 Å². The molecule has 2 aliphatic heterocycles. The molecular formula is C25H32N6O2S. The van der Waals surface area contributed by atoms with E-state index in [0.717, 1.165) is 56.8 Å². The Hall–Kier alpha value is -2.78. The summed E-state index contributed by atoms with van der Waals surface area (Å²) in [5.74, 6) is 0.806. The molecule has 4 heterocycles. The number of carbonyl (C=O) groups is 1. The van der Waals surface area contributed by atoms with Gasteiger partial charge in [-0.05, 0) is 44.3 Å². The number of hydrogen-bond donors (Lipinski definition) is 1. The molecule has 2 aliphatic rings. The van der Waals surface area contributed by atoms with E-state index in [1.807, 2.05) is 35.2 Å². The number of hydrogen-bond acceptors (Lipinski definition) is 7. The largest absolute Gasteiger partial charge is 0.350 e. The quantitative estimate of drug-likeness (QED) is 0.560. The van der Waals surface area contributed by atoms with Crippen molar-refractivity contribution in [3.05, 3.63) is 52.1 Å². The van der Waals surface area contributed by atoms with Gasteiger partial charge in [0.05, 0.1) is 0 Å². The molecule has 8 nitrogen and oxygen atoms in total. The molecule has 1 unspecified atom stereocenters. The third-order valence-corrected chi connectivity index (χ3v) is 7.92. The lowest BCUT2D eigenvalue weighted by molar-refractivity contribution is -0.122. The van der Waals surface area contributed by atoms with E-state index in [0.29, 0.717) is 22.0 Å². The minimum atomic E-state index is -0.272. The highest BCUT2D eigenvalue weighted by Gasteiger charge is 2.33. The van der Waals surface area contributed by atoms with E-state index in [4.69, 9.17) is 4.98 Å². The molecule has 0 spiro atoms. The number of likely N-dealkylation sites (tertiary alicyclic amines) is 1. The summed E-state index contributed by atoms with van der Waals surface area (Å²) in [6, 6.07) is 9.65. The molecular weight excluding hydrogens is 448 g/mol. The number of carbonyl (C=O) groups excluding carboxylic acids is 1. The van der Waals surface area contributed by atoms with Crippen molar-refractivity contribution in [1.82, 2.24) is 24.8 Å². The van der Waals surface area contributed by atoms with Crippen LogP contribution in [0.4, 0.5) is 5.13 Å². The molecule has 1 amide bonds. The van der Waals surface area contributed by atoms with Crippen molar-refractivity contribution in [2.45, 2.75) is 51.1 Å². The number of aromatic nitrogens is 3. The smallest absolute Gasteiger partial charge is 0.280 e. The Kier molecular flexibility index (Phi) is 6.92. The van der Waals surface area contributed by atoms with E-state index in [-0.39, 0.29) is 17.5 Å². The van der Waals surface area contributed by atoms with Gasteiger partial charge in [0.1, 0.15) is 11.9 Å². The number of nitrogens with one attached hydrogen (secondary N) is 1. The van der Waals surface area contributed by atoms with Gasteiger partial charge in [0.25, 0.3) is 5.56 Å². The lowest BCUT2D eigenvalue weighted by Crippen LogP contribution is -2.43. The van der Waals surface area contributed by atoms with Crippen LogP contribution in [0.1, 0.15) is 43.5 Å². The third kappa shape index (κ3) is 4.86. The van der Waals surface area contributed by atoms with E-state index in [2.05, 4.69) is 15.2 Å². The molecule has 1 aromatic carbocycles. The van der Waals surface area contributed by atoms with Crippen LogP contribution in [0, 0.1) is 0 Å². The molecule has 0 saturated carbocycles. The standard InChI is InChI=1S/C25H32N6O2S/c1-29-20(12-16-30-13-6-3-7-14-30)27-23-21(24(29)33)28-25(34-23)31-15-8-11-19(31)22(32)26-17-18-9-4-2-5-10-18/h2,4-5,9-10,19H,3,6-8,11-17H2,1H3,(H,26,32). The van der Waals surface area contributed by atoms with Crippen molar-refractivity contribution >= 4 is 32.7 Å². The van der Waals surface area contributed by atoms with E-state index in [1.165, 1.54) is 30.6 Å². The first kappa shape index (κ1) is 23.0. The van der Waals surface area contributed by atoms with Gasteiger partial charge >= 0.3 is 0 Å². The first-order valence-electron chi connectivity index (χ1n) is 12.3. The Labute approximate surface area is 203 Å². The molecule has 3 aromatic rings. The predicted octanol–water partition coefficient (Wildman–Crippen LogP) is 2.70. The van der Waals surface area contributed by atoms with E-state index in [1.54, 1.807) is 11.6 Å². The number of piperidine rings is 1. The number of thiazole rings is 1. The summed E-state index contributed by atoms with van der Waals surface area (Å²) in [6.07, 6.45) is 6.27. The summed E-state index contributed by atoms with van der Waals surface area (Å²) >= 11 is 1.43. The fraction of sp³-hybridized carbons (Fsp3) is 0.520. The Bertz CT molecular complexity index is 1200. The van der Waals surface area contributed by atoms with Crippen LogP contribution >= 0.6 is 11.3 Å². The minimum absolute atomic E-state index is 0.00342. The summed E-state index contributed by atoms with van der Waals surface area (Å²) in [6.45, 7) is 4.44. The zero-order valence-corrected chi connectivity index (χ0v) is 20.5. The minimum Gasteiger partial charge on any atom is -0.350 e. The van der Waals surface area contributed by atoms with Crippen LogP contribution in [-0.2, 0) is 24.8 Å². The topological polar surface area (TPSA) is 83.4 Å². The molecule has 0 bridgehead atoms. The van der Waals surface area contributed by atoms with Gasteiger partial charge in [0.2, 0.25) is 5.91 Å². The van der Waals surface area contributed by atoms with E-state index in [9.17, 15) is 9.59 Å². The summed E-state index contributed by atoms with van der Waals surface area (Å²) in [4.78, 5) is 40.7. The number of rotatable bonds is 7. The van der Waals surface area contributed by atoms with E-state index >= 15 is 0 Å². The Morgan fingerprint density at radius 3 is 2.68 bits per heavy atom. The van der Waals surface area contributed by atoms with Crippen molar-refractivity contribution in [1.29, 1.82) is 0 Å². The van der Waals surface area contributed by atoms with Crippen molar-refractivity contribution in [2.24, 2.45) is 7.05 Å². The highest BCUT2D eigenvalue weighted by Crippen LogP contribution is 2.31. The summed E-state index contributed by atoms with van der Waals surface area (Å²) in [5.41, 5.74) is 1.37. The predicted molar refractivity (Wildman–Crippen MR) is 135 cm³/mol. The number of nitrogens with zero attached hydrogens (tertiary/aromatic N) is 5. The molecule has 2 aromatic heterocycles. The fourth-order valence-electron chi connectivity index (χ4n) is 4.94. The van der Waals surface area contributed by atoms with Gasteiger partial charge in [-0.3, -0.25) is 14.2 Å². The molecule has 0 aliphatic carbocycles. The zero-order chi connectivity index (χ0) is 23.5. The van der Waals surface area contributed by atoms with Gasteiger partial charge in [0, 0.05) is 33.1 Å². The van der Waals surface area contributed by atoms with Crippen molar-refractivity contribution in [2.75, 3.05) is 31.1 Å². The second kappa shape index (κ2) is 10.2. The first-order chi connectivity index (χ1) is 16.6. The lowest BCUT2D eigenvalue weighted by Gasteiger charge is -2.26. The molecule has 1 N–H and O–H groups in total. The molecule has 5 rings (SSSR count). The van der Waals surface area contributed by atoms with Gasteiger partial charge in [0.15, 0.2) is 15.5 Å². The maximum Gasteiger partial charge on any atom is 0.280 e. The van der Waals surface area contributed by atoms with Crippen LogP contribution in [0.15, 0.2) is 35.1 Å². The molecule has 34 heavy (non-hydrogen) atoms. The maximum absolute atomic E-state index is 13.1. The highest BCUT2D eigenvalue weighted by atomic mass is 32.1. The first-order valence-corrected chi connectivity index (χ1v) is 13.1. The SMILES string of the molecule is Cn1c(CCN2CCCCC2)nc2sc(N3CCCC3C(=O)NCc3ccccc3)nc2c1=O. The molecule has 2 saturated heterocycles. The molecule has 1 atom stereocenters. The Balaban J connectivity index is 1.32. The molecule has 0 radical (unpaired) electrons. The number of fused-ring (bicyclic) bond motifs is 1. The second-order valence-corrected chi connectivity index (χ2v) is 10.2. The van der Waals surface area contributed by atoms with Gasteiger partial charge in [-0.15, -0.1) is 0 Å². The highest BCUT2D eigenvalue weighted by molar-refractivity contribution is 7.21. The molecule has 9 heteroatoms. The van der Waals surface area contributed by atoms with Gasteiger partial charge in [-0.1, -0.05) is 48.1 Å². The van der Waals surface area contributed by atoms with Gasteiger partial charge in [-0.2, -0.15) is 0 Å². The number of amides is 1. The monoisotopic (exact) mass is 480 g/mol. The van der Waals surface area contributed by atoms with Crippen molar-refractivity contribution < 1.29 is 4.79 Å². The molecule has 180 valence electrons. The van der Waals surface area contributed by atoms with Crippen molar-refractivity contribution in [3.8, 4) is 0 Å². The summed E-state index contributed by atoms with van der Waals surface area (Å²) in [7, 11) is 1.79. The van der Waals surface area contributed by atoms with Gasteiger partial charge < -0.3 is 15.1 Å². The van der Waals surface area contributed by atoms with Crippen LogP contribution in [0.3, 0.4) is 0 Å². The van der Waals surface area contributed by atoms with Crippen molar-refractivity contribution in [3.63, 3.8) is 0 Å². The third-order valence-electron chi connectivity index (χ3n) is 6.93. The van der Waals surface area contributed by atoms with E-state index < -0.39 is 0 Å². The van der Waals surface area contributed by atoms with Crippen LogP contribution < -0.4 is 15.8 Å². The average molecular weight is 481 g/mol. The Morgan fingerprint density at radius 2 is 1.88 bits per heavy atom. The maximum atomic E-state index is 13.1. The zero-order valence-electron chi connectivity index (χ0n) is 19.7. The molecule has 2 fully saturated rings. The van der Waals surface area contributed by atoms with Crippen LogP contribution in [0.5, 0.6) is 0 Å². The second-order valence-electron chi connectivity index (χ2n) is 9.25. The van der Waals surface area contributed by atoms with Crippen LogP contribution in [0.25, 0.3) is 10.3 Å².